The zero-order chi connectivity index (χ0) is 13.8. The number of hydrogen-bond acceptors (Lipinski definition) is 4. The maximum atomic E-state index is 12.3. The van der Waals surface area contributed by atoms with Crippen molar-refractivity contribution in [2.45, 2.75) is 38.3 Å². The van der Waals surface area contributed by atoms with Gasteiger partial charge in [0.15, 0.2) is 0 Å². The molecule has 1 N–H and O–H groups in total. The molecule has 0 aromatic heterocycles. The second-order valence-corrected chi connectivity index (χ2v) is 5.32. The molecule has 2 amide bonds. The molecule has 5 nitrogen and oxygen atoms in total. The van der Waals surface area contributed by atoms with Gasteiger partial charge in [-0.3, -0.25) is 9.59 Å². The Kier molecular flexibility index (Phi) is 5.47. The fourth-order valence-corrected chi connectivity index (χ4v) is 2.46. The summed E-state index contributed by atoms with van der Waals surface area (Å²) in [5, 5.41) is 2.62. The number of carbonyl (C=O) groups is 2. The van der Waals surface area contributed by atoms with E-state index in [-0.39, 0.29) is 17.4 Å². The SMILES string of the molecule is COC1(C)CCCN(C(=O)C(CS)NC(C)=O)C1. The topological polar surface area (TPSA) is 58.6 Å². The number of ether oxygens (including phenoxy) is 1. The van der Waals surface area contributed by atoms with Gasteiger partial charge in [-0.1, -0.05) is 0 Å². The van der Waals surface area contributed by atoms with Crippen LogP contribution in [0.3, 0.4) is 0 Å². The zero-order valence-corrected chi connectivity index (χ0v) is 12.1. The molecule has 104 valence electrons. The number of piperidine rings is 1. The molecule has 0 bridgehead atoms. The molecule has 0 aromatic carbocycles. The number of rotatable bonds is 4. The normalized spacial score (nSPS) is 25.7. The molecule has 1 fully saturated rings. The Morgan fingerprint density at radius 2 is 2.22 bits per heavy atom. The Morgan fingerprint density at radius 1 is 1.56 bits per heavy atom. The van der Waals surface area contributed by atoms with Crippen LogP contribution in [0.5, 0.6) is 0 Å². The summed E-state index contributed by atoms with van der Waals surface area (Å²) in [6.45, 7) is 4.67. The van der Waals surface area contributed by atoms with Gasteiger partial charge in [0.1, 0.15) is 6.04 Å². The predicted molar refractivity (Wildman–Crippen MR) is 72.7 cm³/mol. The van der Waals surface area contributed by atoms with E-state index < -0.39 is 6.04 Å². The van der Waals surface area contributed by atoms with Gasteiger partial charge in [0.25, 0.3) is 0 Å². The minimum absolute atomic E-state index is 0.0804. The van der Waals surface area contributed by atoms with Gasteiger partial charge in [0.05, 0.1) is 5.60 Å². The molecule has 1 aliphatic rings. The fraction of sp³-hybridized carbons (Fsp3) is 0.833. The van der Waals surface area contributed by atoms with Crippen LogP contribution >= 0.6 is 12.6 Å². The van der Waals surface area contributed by atoms with Gasteiger partial charge in [0.2, 0.25) is 11.8 Å². The van der Waals surface area contributed by atoms with Crippen LogP contribution in [0, 0.1) is 0 Å². The minimum Gasteiger partial charge on any atom is -0.377 e. The lowest BCUT2D eigenvalue weighted by Gasteiger charge is -2.40. The number of likely N-dealkylation sites (tertiary alicyclic amines) is 1. The lowest BCUT2D eigenvalue weighted by Crippen LogP contribution is -2.55. The molecule has 1 saturated heterocycles. The summed E-state index contributed by atoms with van der Waals surface area (Å²) in [6.07, 6.45) is 1.86. The van der Waals surface area contributed by atoms with Crippen LogP contribution in [0.15, 0.2) is 0 Å². The van der Waals surface area contributed by atoms with Gasteiger partial charge in [-0.25, -0.2) is 0 Å². The molecule has 18 heavy (non-hydrogen) atoms. The van der Waals surface area contributed by atoms with E-state index in [9.17, 15) is 9.59 Å². The standard InChI is InChI=1S/C12H22N2O3S/c1-9(15)13-10(7-18)11(16)14-6-4-5-12(2,8-14)17-3/h10,18H,4-8H2,1-3H3,(H,13,15). The van der Waals surface area contributed by atoms with E-state index in [1.54, 1.807) is 12.0 Å². The molecule has 0 aliphatic carbocycles. The average molecular weight is 274 g/mol. The first-order chi connectivity index (χ1) is 8.41. The molecule has 0 saturated carbocycles. The van der Waals surface area contributed by atoms with Crippen molar-refractivity contribution in [2.75, 3.05) is 26.0 Å². The van der Waals surface area contributed by atoms with Gasteiger partial charge in [-0.15, -0.1) is 0 Å². The Hall–Kier alpha value is -0.750. The van der Waals surface area contributed by atoms with Gasteiger partial charge in [0, 0.05) is 32.9 Å². The van der Waals surface area contributed by atoms with Crippen molar-refractivity contribution in [1.29, 1.82) is 0 Å². The molecule has 2 atom stereocenters. The van der Waals surface area contributed by atoms with Crippen LogP contribution in [0.4, 0.5) is 0 Å². The van der Waals surface area contributed by atoms with Crippen molar-refractivity contribution < 1.29 is 14.3 Å². The number of thiol groups is 1. The number of methoxy groups -OCH3 is 1. The van der Waals surface area contributed by atoms with Crippen LogP contribution in [0.1, 0.15) is 26.7 Å². The Balaban J connectivity index is 2.67. The van der Waals surface area contributed by atoms with E-state index in [4.69, 9.17) is 4.74 Å². The minimum atomic E-state index is -0.551. The molecule has 6 heteroatoms. The highest BCUT2D eigenvalue weighted by atomic mass is 32.1. The van der Waals surface area contributed by atoms with Crippen LogP contribution < -0.4 is 5.32 Å². The van der Waals surface area contributed by atoms with Gasteiger partial charge in [-0.05, 0) is 19.8 Å². The molecule has 2 unspecified atom stereocenters. The Bertz CT molecular complexity index is 324. The molecule has 0 radical (unpaired) electrons. The third-order valence-electron chi connectivity index (χ3n) is 3.32. The Morgan fingerprint density at radius 3 is 2.72 bits per heavy atom. The molecule has 1 rings (SSSR count). The van der Waals surface area contributed by atoms with Crippen molar-refractivity contribution in [2.24, 2.45) is 0 Å². The fourth-order valence-electron chi connectivity index (χ4n) is 2.21. The number of hydrogen-bond donors (Lipinski definition) is 2. The predicted octanol–water partition coefficient (Wildman–Crippen LogP) is 0.448. The highest BCUT2D eigenvalue weighted by molar-refractivity contribution is 7.80. The van der Waals surface area contributed by atoms with E-state index in [2.05, 4.69) is 17.9 Å². The molecule has 1 aliphatic heterocycles. The average Bonchev–Trinajstić information content (AvgIpc) is 2.35. The summed E-state index contributed by atoms with van der Waals surface area (Å²) < 4.78 is 5.45. The van der Waals surface area contributed by atoms with Crippen molar-refractivity contribution in [3.05, 3.63) is 0 Å². The number of nitrogens with zero attached hydrogens (tertiary/aromatic N) is 1. The summed E-state index contributed by atoms with van der Waals surface area (Å²) in [7, 11) is 1.66. The van der Waals surface area contributed by atoms with Crippen LogP contribution in [0.2, 0.25) is 0 Å². The lowest BCUT2D eigenvalue weighted by molar-refractivity contribution is -0.142. The van der Waals surface area contributed by atoms with Crippen molar-refractivity contribution >= 4 is 24.4 Å². The van der Waals surface area contributed by atoms with E-state index in [1.165, 1.54) is 6.92 Å². The van der Waals surface area contributed by atoms with E-state index >= 15 is 0 Å². The smallest absolute Gasteiger partial charge is 0.246 e. The largest absolute Gasteiger partial charge is 0.377 e. The van der Waals surface area contributed by atoms with Crippen LogP contribution in [-0.4, -0.2) is 54.3 Å². The summed E-state index contributed by atoms with van der Waals surface area (Å²) in [6, 6.07) is -0.551. The number of nitrogens with one attached hydrogen (secondary N) is 1. The third-order valence-corrected chi connectivity index (χ3v) is 3.69. The number of carbonyl (C=O) groups excluding carboxylic acids is 2. The van der Waals surface area contributed by atoms with E-state index in [1.807, 2.05) is 6.92 Å². The third kappa shape index (κ3) is 3.88. The first-order valence-corrected chi connectivity index (χ1v) is 6.77. The monoisotopic (exact) mass is 274 g/mol. The maximum Gasteiger partial charge on any atom is 0.246 e. The zero-order valence-electron chi connectivity index (χ0n) is 11.2. The van der Waals surface area contributed by atoms with E-state index in [0.29, 0.717) is 18.8 Å². The maximum absolute atomic E-state index is 12.3. The highest BCUT2D eigenvalue weighted by Crippen LogP contribution is 2.24. The summed E-state index contributed by atoms with van der Waals surface area (Å²) in [5.41, 5.74) is -0.286. The second kappa shape index (κ2) is 6.43. The van der Waals surface area contributed by atoms with Gasteiger partial charge < -0.3 is 15.0 Å². The summed E-state index contributed by atoms with van der Waals surface area (Å²) in [5.74, 6) is 0.00981. The second-order valence-electron chi connectivity index (χ2n) is 4.95. The van der Waals surface area contributed by atoms with Crippen molar-refractivity contribution in [1.82, 2.24) is 10.2 Å². The van der Waals surface area contributed by atoms with Crippen molar-refractivity contribution in [3.8, 4) is 0 Å². The van der Waals surface area contributed by atoms with Crippen LogP contribution in [0.25, 0.3) is 0 Å². The van der Waals surface area contributed by atoms with Crippen molar-refractivity contribution in [3.63, 3.8) is 0 Å². The molecular formula is C12H22N2O3S. The first-order valence-electron chi connectivity index (χ1n) is 6.14. The van der Waals surface area contributed by atoms with Gasteiger partial charge in [-0.2, -0.15) is 12.6 Å². The summed E-state index contributed by atoms with van der Waals surface area (Å²) in [4.78, 5) is 25.1. The lowest BCUT2D eigenvalue weighted by atomic mass is 9.94. The first kappa shape index (κ1) is 15.3. The summed E-state index contributed by atoms with van der Waals surface area (Å²) >= 11 is 4.12. The molecule has 0 spiro atoms. The highest BCUT2D eigenvalue weighted by Gasteiger charge is 2.35. The molecular weight excluding hydrogens is 252 g/mol. The molecule has 1 heterocycles. The van der Waals surface area contributed by atoms with E-state index in [0.717, 1.165) is 12.8 Å². The Labute approximate surface area is 114 Å². The quantitative estimate of drug-likeness (QED) is 0.732. The van der Waals surface area contributed by atoms with Gasteiger partial charge >= 0.3 is 0 Å². The van der Waals surface area contributed by atoms with Crippen LogP contribution in [-0.2, 0) is 14.3 Å². The molecule has 0 aromatic rings. The number of amides is 2.